The molecule has 1 aliphatic rings. The van der Waals surface area contributed by atoms with Crippen LogP contribution in [0.5, 0.6) is 5.75 Å². The molecule has 1 aromatic rings. The molecule has 0 bridgehead atoms. The summed E-state index contributed by atoms with van der Waals surface area (Å²) in [6.45, 7) is 2.86. The third kappa shape index (κ3) is 5.05. The lowest BCUT2D eigenvalue weighted by Gasteiger charge is -2.23. The fraction of sp³-hybridized carbons (Fsp3) is 0.588. The van der Waals surface area contributed by atoms with Gasteiger partial charge in [0.05, 0.1) is 13.2 Å². The maximum atomic E-state index is 12.1. The number of carbonyl (C=O) groups excluding carboxylic acids is 1. The van der Waals surface area contributed by atoms with Gasteiger partial charge in [-0.15, -0.1) is 0 Å². The lowest BCUT2D eigenvalue weighted by Crippen LogP contribution is -2.40. The SMILES string of the molecule is COc1ccc(NC(=O)C(C)NCC2CCCCC2)cc1. The standard InChI is InChI=1S/C17H26N2O2/c1-13(18-12-14-6-4-3-5-7-14)17(20)19-15-8-10-16(21-2)11-9-15/h8-11,13-14,18H,3-7,12H2,1-2H3,(H,19,20). The van der Waals surface area contributed by atoms with E-state index >= 15 is 0 Å². The Kier molecular flexibility index (Phi) is 6.05. The van der Waals surface area contributed by atoms with Crippen LogP contribution in [-0.2, 0) is 4.79 Å². The van der Waals surface area contributed by atoms with Crippen molar-refractivity contribution in [1.82, 2.24) is 5.32 Å². The van der Waals surface area contributed by atoms with E-state index in [0.29, 0.717) is 0 Å². The summed E-state index contributed by atoms with van der Waals surface area (Å²) in [6, 6.07) is 7.22. The molecule has 2 rings (SSSR count). The topological polar surface area (TPSA) is 50.4 Å². The summed E-state index contributed by atoms with van der Waals surface area (Å²) in [6.07, 6.45) is 6.61. The molecule has 116 valence electrons. The summed E-state index contributed by atoms with van der Waals surface area (Å²) in [5.41, 5.74) is 0.798. The molecule has 1 saturated carbocycles. The Morgan fingerprint density at radius 3 is 2.52 bits per heavy atom. The fourth-order valence-electron chi connectivity index (χ4n) is 2.75. The number of hydrogen-bond acceptors (Lipinski definition) is 3. The average molecular weight is 290 g/mol. The van der Waals surface area contributed by atoms with Crippen molar-refractivity contribution >= 4 is 11.6 Å². The summed E-state index contributed by atoms with van der Waals surface area (Å²) < 4.78 is 5.10. The molecular weight excluding hydrogens is 264 g/mol. The molecule has 1 unspecified atom stereocenters. The van der Waals surface area contributed by atoms with Crippen molar-refractivity contribution in [3.8, 4) is 5.75 Å². The molecule has 1 aliphatic carbocycles. The zero-order chi connectivity index (χ0) is 15.1. The van der Waals surface area contributed by atoms with Crippen LogP contribution in [-0.4, -0.2) is 25.6 Å². The molecule has 21 heavy (non-hydrogen) atoms. The second kappa shape index (κ2) is 8.03. The second-order valence-electron chi connectivity index (χ2n) is 5.85. The number of ether oxygens (including phenoxy) is 1. The molecule has 4 heteroatoms. The number of carbonyl (C=O) groups is 1. The second-order valence-corrected chi connectivity index (χ2v) is 5.85. The maximum absolute atomic E-state index is 12.1. The van der Waals surface area contributed by atoms with Crippen LogP contribution in [0.15, 0.2) is 24.3 Å². The van der Waals surface area contributed by atoms with Crippen molar-refractivity contribution in [2.24, 2.45) is 5.92 Å². The summed E-state index contributed by atoms with van der Waals surface area (Å²) in [5.74, 6) is 1.53. The predicted octanol–water partition coefficient (Wildman–Crippen LogP) is 3.19. The maximum Gasteiger partial charge on any atom is 0.241 e. The Hall–Kier alpha value is -1.55. The summed E-state index contributed by atoms with van der Waals surface area (Å²) in [4.78, 5) is 12.1. The third-order valence-corrected chi connectivity index (χ3v) is 4.19. The first-order chi connectivity index (χ1) is 10.2. The van der Waals surface area contributed by atoms with Gasteiger partial charge in [0.2, 0.25) is 5.91 Å². The molecule has 1 atom stereocenters. The first-order valence-corrected chi connectivity index (χ1v) is 7.87. The molecule has 0 aliphatic heterocycles. The van der Waals surface area contributed by atoms with E-state index in [9.17, 15) is 4.79 Å². The first-order valence-electron chi connectivity index (χ1n) is 7.87. The van der Waals surface area contributed by atoms with Crippen LogP contribution < -0.4 is 15.4 Å². The van der Waals surface area contributed by atoms with Crippen LogP contribution in [0.4, 0.5) is 5.69 Å². The van der Waals surface area contributed by atoms with Crippen molar-refractivity contribution in [3.63, 3.8) is 0 Å². The van der Waals surface area contributed by atoms with Gasteiger partial charge in [0.1, 0.15) is 5.75 Å². The highest BCUT2D eigenvalue weighted by Gasteiger charge is 2.17. The van der Waals surface area contributed by atoms with Gasteiger partial charge < -0.3 is 15.4 Å². The molecule has 1 fully saturated rings. The van der Waals surface area contributed by atoms with Gasteiger partial charge in [-0.05, 0) is 56.5 Å². The highest BCUT2D eigenvalue weighted by Crippen LogP contribution is 2.22. The average Bonchev–Trinajstić information content (AvgIpc) is 2.54. The number of nitrogens with one attached hydrogen (secondary N) is 2. The van der Waals surface area contributed by atoms with Gasteiger partial charge in [0, 0.05) is 5.69 Å². The molecule has 4 nitrogen and oxygen atoms in total. The van der Waals surface area contributed by atoms with E-state index in [1.807, 2.05) is 31.2 Å². The van der Waals surface area contributed by atoms with E-state index in [-0.39, 0.29) is 11.9 Å². The zero-order valence-corrected chi connectivity index (χ0v) is 13.0. The summed E-state index contributed by atoms with van der Waals surface area (Å²) in [7, 11) is 1.63. The van der Waals surface area contributed by atoms with Crippen molar-refractivity contribution in [2.45, 2.75) is 45.1 Å². The van der Waals surface area contributed by atoms with E-state index in [1.165, 1.54) is 32.1 Å². The van der Waals surface area contributed by atoms with Gasteiger partial charge in [-0.25, -0.2) is 0 Å². The van der Waals surface area contributed by atoms with Gasteiger partial charge in [0.25, 0.3) is 0 Å². The van der Waals surface area contributed by atoms with Gasteiger partial charge in [-0.2, -0.15) is 0 Å². The van der Waals surface area contributed by atoms with E-state index in [0.717, 1.165) is 23.9 Å². The highest BCUT2D eigenvalue weighted by molar-refractivity contribution is 5.94. The van der Waals surface area contributed by atoms with E-state index in [4.69, 9.17) is 4.74 Å². The Morgan fingerprint density at radius 2 is 1.90 bits per heavy atom. The Morgan fingerprint density at radius 1 is 1.24 bits per heavy atom. The largest absolute Gasteiger partial charge is 0.497 e. The summed E-state index contributed by atoms with van der Waals surface area (Å²) in [5, 5.41) is 6.28. The normalized spacial score (nSPS) is 17.2. The number of methoxy groups -OCH3 is 1. The number of anilines is 1. The molecule has 0 radical (unpaired) electrons. The Balaban J connectivity index is 1.75. The lowest BCUT2D eigenvalue weighted by atomic mass is 9.89. The highest BCUT2D eigenvalue weighted by atomic mass is 16.5. The van der Waals surface area contributed by atoms with Crippen LogP contribution in [0.25, 0.3) is 0 Å². The van der Waals surface area contributed by atoms with Crippen molar-refractivity contribution < 1.29 is 9.53 Å². The van der Waals surface area contributed by atoms with Crippen molar-refractivity contribution in [1.29, 1.82) is 0 Å². The predicted molar refractivity (Wildman–Crippen MR) is 85.7 cm³/mol. The molecule has 0 heterocycles. The molecule has 1 aromatic carbocycles. The first kappa shape index (κ1) is 15.8. The molecule has 1 amide bonds. The molecule has 2 N–H and O–H groups in total. The van der Waals surface area contributed by atoms with Gasteiger partial charge in [0.15, 0.2) is 0 Å². The number of rotatable bonds is 6. The van der Waals surface area contributed by atoms with Crippen LogP contribution in [0.2, 0.25) is 0 Å². The molecule has 0 spiro atoms. The quantitative estimate of drug-likeness (QED) is 0.846. The van der Waals surface area contributed by atoms with E-state index < -0.39 is 0 Å². The van der Waals surface area contributed by atoms with E-state index in [1.54, 1.807) is 7.11 Å². The lowest BCUT2D eigenvalue weighted by molar-refractivity contribution is -0.117. The zero-order valence-electron chi connectivity index (χ0n) is 13.0. The molecule has 0 aromatic heterocycles. The van der Waals surface area contributed by atoms with Crippen LogP contribution in [0.3, 0.4) is 0 Å². The van der Waals surface area contributed by atoms with Crippen LogP contribution in [0.1, 0.15) is 39.0 Å². The number of benzene rings is 1. The van der Waals surface area contributed by atoms with Gasteiger partial charge in [-0.3, -0.25) is 4.79 Å². The van der Waals surface area contributed by atoms with Gasteiger partial charge in [-0.1, -0.05) is 19.3 Å². The molecule has 0 saturated heterocycles. The summed E-state index contributed by atoms with van der Waals surface area (Å²) >= 11 is 0. The van der Waals surface area contributed by atoms with Crippen molar-refractivity contribution in [3.05, 3.63) is 24.3 Å². The van der Waals surface area contributed by atoms with Crippen molar-refractivity contribution in [2.75, 3.05) is 19.0 Å². The minimum atomic E-state index is -0.172. The number of amides is 1. The Labute approximate surface area is 127 Å². The molecular formula is C17H26N2O2. The number of hydrogen-bond donors (Lipinski definition) is 2. The Bertz CT molecular complexity index is 439. The van der Waals surface area contributed by atoms with Crippen LogP contribution >= 0.6 is 0 Å². The van der Waals surface area contributed by atoms with Crippen LogP contribution in [0, 0.1) is 5.92 Å². The fourth-order valence-corrected chi connectivity index (χ4v) is 2.75. The van der Waals surface area contributed by atoms with E-state index in [2.05, 4.69) is 10.6 Å². The minimum absolute atomic E-state index is 0.0102. The minimum Gasteiger partial charge on any atom is -0.497 e. The van der Waals surface area contributed by atoms with Gasteiger partial charge >= 0.3 is 0 Å². The third-order valence-electron chi connectivity index (χ3n) is 4.19. The smallest absolute Gasteiger partial charge is 0.241 e. The monoisotopic (exact) mass is 290 g/mol.